The minimum atomic E-state index is -3.30. The van der Waals surface area contributed by atoms with E-state index in [4.69, 9.17) is 5.90 Å². The van der Waals surface area contributed by atoms with E-state index >= 15 is 0 Å². The summed E-state index contributed by atoms with van der Waals surface area (Å²) in [6, 6.07) is 3.30. The molecule has 0 radical (unpaired) electrons. The van der Waals surface area contributed by atoms with Gasteiger partial charge in [-0.2, -0.15) is 0 Å². The van der Waals surface area contributed by atoms with E-state index in [1.807, 2.05) is 6.92 Å². The van der Waals surface area contributed by atoms with E-state index in [2.05, 4.69) is 27.3 Å². The summed E-state index contributed by atoms with van der Waals surface area (Å²) < 4.78 is 24.4. The van der Waals surface area contributed by atoms with Crippen molar-refractivity contribution in [2.75, 3.05) is 12.9 Å². The summed E-state index contributed by atoms with van der Waals surface area (Å²) in [7, 11) is -3.30. The number of rotatable bonds is 5. The molecule has 0 aliphatic rings. The van der Waals surface area contributed by atoms with Crippen molar-refractivity contribution in [3.8, 4) is 0 Å². The van der Waals surface area contributed by atoms with Gasteiger partial charge in [-0.3, -0.25) is 0 Å². The monoisotopic (exact) mass is 333 g/mol. The number of hydrogen-bond donors (Lipinski definition) is 1. The minimum absolute atomic E-state index is 0.283. The molecule has 0 aromatic heterocycles. The molecule has 0 unspecified atom stereocenters. The summed E-state index contributed by atoms with van der Waals surface area (Å²) in [4.78, 5) is 4.79. The molecular weight excluding hydrogens is 318 g/mol. The molecule has 0 spiro atoms. The van der Waals surface area contributed by atoms with Crippen molar-refractivity contribution in [1.82, 2.24) is 0 Å². The molecule has 6 heteroatoms. The molecule has 1 aromatic carbocycles. The molecule has 0 aliphatic heterocycles. The second kappa shape index (κ2) is 5.97. The molecule has 100 valence electrons. The lowest BCUT2D eigenvalue weighted by Crippen LogP contribution is -2.07. The SMILES string of the molecule is C=C(CCON)c1c(S(C)(=O)=O)ccc(Br)c1C. The summed E-state index contributed by atoms with van der Waals surface area (Å²) in [6.45, 7) is 6.07. The highest BCUT2D eigenvalue weighted by Crippen LogP contribution is 2.32. The Balaban J connectivity index is 3.39. The van der Waals surface area contributed by atoms with Crippen LogP contribution >= 0.6 is 15.9 Å². The molecule has 0 amide bonds. The van der Waals surface area contributed by atoms with Gasteiger partial charge in [0.2, 0.25) is 0 Å². The largest absolute Gasteiger partial charge is 0.304 e. The van der Waals surface area contributed by atoms with Crippen LogP contribution in [0, 0.1) is 6.92 Å². The first-order valence-corrected chi connectivity index (χ1v) is 7.96. The van der Waals surface area contributed by atoms with Crippen LogP contribution in [-0.2, 0) is 14.7 Å². The van der Waals surface area contributed by atoms with Crippen molar-refractivity contribution >= 4 is 31.3 Å². The van der Waals surface area contributed by atoms with Gasteiger partial charge >= 0.3 is 0 Å². The van der Waals surface area contributed by atoms with Crippen LogP contribution in [0.5, 0.6) is 0 Å². The van der Waals surface area contributed by atoms with Gasteiger partial charge in [0.15, 0.2) is 9.84 Å². The summed E-state index contributed by atoms with van der Waals surface area (Å²) in [5.41, 5.74) is 2.18. The lowest BCUT2D eigenvalue weighted by molar-refractivity contribution is 0.144. The van der Waals surface area contributed by atoms with E-state index < -0.39 is 9.84 Å². The Bertz CT molecular complexity index is 567. The van der Waals surface area contributed by atoms with Crippen molar-refractivity contribution in [3.63, 3.8) is 0 Å². The maximum Gasteiger partial charge on any atom is 0.176 e. The molecule has 1 rings (SSSR count). The van der Waals surface area contributed by atoms with Gasteiger partial charge in [0, 0.05) is 10.7 Å². The third kappa shape index (κ3) is 3.41. The van der Waals surface area contributed by atoms with Crippen LogP contribution in [0.3, 0.4) is 0 Å². The maximum atomic E-state index is 11.8. The molecule has 4 nitrogen and oxygen atoms in total. The van der Waals surface area contributed by atoms with E-state index in [1.165, 1.54) is 6.26 Å². The van der Waals surface area contributed by atoms with Crippen LogP contribution in [0.25, 0.3) is 5.57 Å². The predicted octanol–water partition coefficient (Wildman–Crippen LogP) is 2.45. The number of benzene rings is 1. The lowest BCUT2D eigenvalue weighted by atomic mass is 10.00. The molecular formula is C12H16BrNO3S. The molecule has 1 aromatic rings. The summed E-state index contributed by atoms with van der Waals surface area (Å²) in [5.74, 6) is 4.98. The van der Waals surface area contributed by atoms with Crippen LogP contribution in [0.1, 0.15) is 17.5 Å². The fraction of sp³-hybridized carbons (Fsp3) is 0.333. The summed E-state index contributed by atoms with van der Waals surface area (Å²) in [5, 5.41) is 0. The first-order valence-electron chi connectivity index (χ1n) is 5.28. The highest BCUT2D eigenvalue weighted by atomic mass is 79.9. The van der Waals surface area contributed by atoms with E-state index in [9.17, 15) is 8.42 Å². The molecule has 0 aliphatic carbocycles. The van der Waals surface area contributed by atoms with Crippen LogP contribution in [0.4, 0.5) is 0 Å². The number of nitrogens with two attached hydrogens (primary N) is 1. The van der Waals surface area contributed by atoms with E-state index in [1.54, 1.807) is 12.1 Å². The topological polar surface area (TPSA) is 69.4 Å². The Kier molecular flexibility index (Phi) is 5.10. The van der Waals surface area contributed by atoms with Gasteiger partial charge in [0.25, 0.3) is 0 Å². The van der Waals surface area contributed by atoms with Crippen molar-refractivity contribution < 1.29 is 13.3 Å². The Morgan fingerprint density at radius 3 is 2.61 bits per heavy atom. The third-order valence-corrected chi connectivity index (χ3v) is 4.63. The number of halogens is 1. The Morgan fingerprint density at radius 1 is 1.50 bits per heavy atom. The van der Waals surface area contributed by atoms with Crippen molar-refractivity contribution in [2.24, 2.45) is 5.90 Å². The van der Waals surface area contributed by atoms with E-state index in [0.29, 0.717) is 24.2 Å². The van der Waals surface area contributed by atoms with Crippen LogP contribution in [0.15, 0.2) is 28.1 Å². The van der Waals surface area contributed by atoms with Crippen LogP contribution in [-0.4, -0.2) is 21.3 Å². The van der Waals surface area contributed by atoms with Gasteiger partial charge in [-0.1, -0.05) is 22.5 Å². The van der Waals surface area contributed by atoms with Gasteiger partial charge in [0.05, 0.1) is 11.5 Å². The fourth-order valence-corrected chi connectivity index (χ4v) is 3.03. The lowest BCUT2D eigenvalue weighted by Gasteiger charge is -2.15. The zero-order chi connectivity index (χ0) is 13.9. The molecule has 18 heavy (non-hydrogen) atoms. The van der Waals surface area contributed by atoms with Crippen molar-refractivity contribution in [1.29, 1.82) is 0 Å². The van der Waals surface area contributed by atoms with Crippen molar-refractivity contribution in [3.05, 3.63) is 34.3 Å². The number of hydrogen-bond acceptors (Lipinski definition) is 4. The molecule has 0 heterocycles. The maximum absolute atomic E-state index is 11.8. The highest BCUT2D eigenvalue weighted by Gasteiger charge is 2.18. The average Bonchev–Trinajstić information content (AvgIpc) is 2.27. The Hall–Kier alpha value is -0.690. The van der Waals surface area contributed by atoms with Gasteiger partial charge in [-0.15, -0.1) is 0 Å². The zero-order valence-corrected chi connectivity index (χ0v) is 12.8. The normalized spacial score (nSPS) is 11.6. The summed E-state index contributed by atoms with van der Waals surface area (Å²) >= 11 is 3.39. The van der Waals surface area contributed by atoms with Gasteiger partial charge in [-0.25, -0.2) is 14.3 Å². The fourth-order valence-electron chi connectivity index (χ4n) is 1.72. The second-order valence-corrected chi connectivity index (χ2v) is 6.88. The molecule has 0 atom stereocenters. The number of sulfone groups is 1. The Labute approximate surface area is 116 Å². The van der Waals surface area contributed by atoms with E-state index in [0.717, 1.165) is 10.0 Å². The zero-order valence-electron chi connectivity index (χ0n) is 10.4. The Morgan fingerprint density at radius 2 is 2.11 bits per heavy atom. The molecule has 0 bridgehead atoms. The quantitative estimate of drug-likeness (QED) is 0.840. The third-order valence-electron chi connectivity index (χ3n) is 2.64. The van der Waals surface area contributed by atoms with Gasteiger partial charge < -0.3 is 4.84 Å². The summed E-state index contributed by atoms with van der Waals surface area (Å²) in [6.07, 6.45) is 1.67. The molecule has 2 N–H and O–H groups in total. The molecule has 0 fully saturated rings. The smallest absolute Gasteiger partial charge is 0.176 e. The predicted molar refractivity (Wildman–Crippen MR) is 75.8 cm³/mol. The molecule has 0 saturated carbocycles. The van der Waals surface area contributed by atoms with Gasteiger partial charge in [0.1, 0.15) is 0 Å². The van der Waals surface area contributed by atoms with Crippen LogP contribution in [0.2, 0.25) is 0 Å². The highest BCUT2D eigenvalue weighted by molar-refractivity contribution is 9.10. The first kappa shape index (κ1) is 15.4. The standard InChI is InChI=1S/C12H16BrNO3S/c1-8(6-7-17-14)12-9(2)10(13)4-5-11(12)18(3,15)16/h4-5H,1,6-7,14H2,2-3H3. The van der Waals surface area contributed by atoms with Crippen molar-refractivity contribution in [2.45, 2.75) is 18.2 Å². The minimum Gasteiger partial charge on any atom is -0.304 e. The van der Waals surface area contributed by atoms with E-state index in [-0.39, 0.29) is 4.90 Å². The second-order valence-electron chi connectivity index (χ2n) is 4.04. The molecule has 0 saturated heterocycles. The average molecular weight is 334 g/mol. The van der Waals surface area contributed by atoms with Crippen LogP contribution < -0.4 is 5.90 Å². The first-order chi connectivity index (χ1) is 8.29. The van der Waals surface area contributed by atoms with Gasteiger partial charge in [-0.05, 0) is 42.2 Å².